The van der Waals surface area contributed by atoms with Crippen LogP contribution in [-0.4, -0.2) is 30.6 Å². The van der Waals surface area contributed by atoms with Crippen molar-refractivity contribution in [3.05, 3.63) is 70.8 Å². The van der Waals surface area contributed by atoms with Crippen LogP contribution in [0.2, 0.25) is 0 Å². The van der Waals surface area contributed by atoms with Crippen molar-refractivity contribution in [1.82, 2.24) is 10.2 Å². The Hall–Kier alpha value is -2.13. The highest BCUT2D eigenvalue weighted by Crippen LogP contribution is 2.31. The van der Waals surface area contributed by atoms with Crippen LogP contribution in [0.25, 0.3) is 0 Å². The van der Waals surface area contributed by atoms with E-state index in [1.54, 1.807) is 0 Å². The number of likely N-dealkylation sites (N-methyl/N-ethyl adjacent to an activating group) is 1. The van der Waals surface area contributed by atoms with E-state index < -0.39 is 0 Å². The van der Waals surface area contributed by atoms with Gasteiger partial charge in [0.2, 0.25) is 5.91 Å². The van der Waals surface area contributed by atoms with Gasteiger partial charge in [-0.15, -0.1) is 0 Å². The van der Waals surface area contributed by atoms with Crippen LogP contribution in [0.5, 0.6) is 0 Å². The van der Waals surface area contributed by atoms with Gasteiger partial charge in [0.05, 0.1) is 12.7 Å². The number of nitrogens with one attached hydrogen (secondary N) is 1. The fourth-order valence-corrected chi connectivity index (χ4v) is 3.05. The van der Waals surface area contributed by atoms with Crippen molar-refractivity contribution in [2.75, 3.05) is 13.6 Å². The van der Waals surface area contributed by atoms with Crippen LogP contribution in [0.15, 0.2) is 48.5 Å². The zero-order valence-electron chi connectivity index (χ0n) is 13.3. The minimum atomic E-state index is -0.00193. The highest BCUT2D eigenvalue weighted by atomic mass is 16.2. The van der Waals surface area contributed by atoms with Crippen LogP contribution in [0.4, 0.5) is 0 Å². The van der Waals surface area contributed by atoms with E-state index in [2.05, 4.69) is 67.7 Å². The molecule has 3 heteroatoms. The molecule has 3 rings (SSSR count). The Morgan fingerprint density at radius 3 is 1.77 bits per heavy atom. The summed E-state index contributed by atoms with van der Waals surface area (Å²) in [5.41, 5.74) is 4.95. The van der Waals surface area contributed by atoms with Crippen molar-refractivity contribution in [1.29, 1.82) is 0 Å². The molecule has 1 aliphatic rings. The van der Waals surface area contributed by atoms with Gasteiger partial charge in [-0.3, -0.25) is 10.1 Å². The van der Waals surface area contributed by atoms with Crippen LogP contribution in [-0.2, 0) is 4.79 Å². The summed E-state index contributed by atoms with van der Waals surface area (Å²) in [7, 11) is 1.88. The number of nitrogens with zero attached hydrogens (tertiary/aromatic N) is 1. The second kappa shape index (κ2) is 5.93. The molecule has 114 valence electrons. The smallest absolute Gasteiger partial charge is 0.237 e. The van der Waals surface area contributed by atoms with E-state index in [1.165, 1.54) is 22.3 Å². The van der Waals surface area contributed by atoms with Crippen molar-refractivity contribution >= 4 is 5.91 Å². The number of amides is 1. The molecule has 1 unspecified atom stereocenters. The van der Waals surface area contributed by atoms with Crippen molar-refractivity contribution in [2.24, 2.45) is 0 Å². The molecule has 0 spiro atoms. The van der Waals surface area contributed by atoms with E-state index in [0.717, 1.165) is 0 Å². The second-order valence-corrected chi connectivity index (χ2v) is 6.13. The maximum absolute atomic E-state index is 11.9. The third-order valence-corrected chi connectivity index (χ3v) is 4.46. The lowest BCUT2D eigenvalue weighted by molar-refractivity contribution is -0.126. The third-order valence-electron chi connectivity index (χ3n) is 4.46. The molecule has 1 fully saturated rings. The fraction of sp³-hybridized carbons (Fsp3) is 0.316. The lowest BCUT2D eigenvalue weighted by atomic mass is 9.87. The summed E-state index contributed by atoms with van der Waals surface area (Å²) in [6, 6.07) is 17.2. The summed E-state index contributed by atoms with van der Waals surface area (Å²) < 4.78 is 0. The summed E-state index contributed by atoms with van der Waals surface area (Å²) in [4.78, 5) is 13.7. The van der Waals surface area contributed by atoms with Crippen molar-refractivity contribution in [2.45, 2.75) is 25.9 Å². The van der Waals surface area contributed by atoms with Crippen molar-refractivity contribution in [3.8, 4) is 0 Å². The number of benzene rings is 2. The molecule has 2 aromatic rings. The first kappa shape index (κ1) is 14.8. The van der Waals surface area contributed by atoms with E-state index in [4.69, 9.17) is 0 Å². The molecule has 0 bridgehead atoms. The van der Waals surface area contributed by atoms with Gasteiger partial charge in [0.25, 0.3) is 0 Å². The van der Waals surface area contributed by atoms with Gasteiger partial charge in [-0.25, -0.2) is 0 Å². The summed E-state index contributed by atoms with van der Waals surface area (Å²) in [6.07, 6.45) is -0.00193. The summed E-state index contributed by atoms with van der Waals surface area (Å²) in [5.74, 6) is 0.284. The molecule has 0 aromatic heterocycles. The summed E-state index contributed by atoms with van der Waals surface area (Å²) in [6.45, 7) is 4.59. The number of carbonyl (C=O) groups is 1. The van der Waals surface area contributed by atoms with Gasteiger partial charge in [-0.2, -0.15) is 0 Å². The second-order valence-electron chi connectivity index (χ2n) is 6.13. The Balaban J connectivity index is 2.03. The predicted molar refractivity (Wildman–Crippen MR) is 88.8 cm³/mol. The molecule has 0 saturated carbocycles. The fourth-order valence-electron chi connectivity index (χ4n) is 3.05. The van der Waals surface area contributed by atoms with E-state index in [1.807, 2.05) is 11.9 Å². The Bertz CT molecular complexity index is 615. The van der Waals surface area contributed by atoms with Gasteiger partial charge in [0, 0.05) is 13.0 Å². The topological polar surface area (TPSA) is 32.3 Å². The Morgan fingerprint density at radius 2 is 1.41 bits per heavy atom. The molecule has 0 aliphatic carbocycles. The summed E-state index contributed by atoms with van der Waals surface area (Å²) >= 11 is 0. The third kappa shape index (κ3) is 2.77. The Kier molecular flexibility index (Phi) is 3.99. The SMILES string of the molecule is Cc1ccc(C(c2ccc(C)cc2)C2NCC(=O)N2C)cc1. The largest absolute Gasteiger partial charge is 0.328 e. The van der Waals surface area contributed by atoms with Crippen LogP contribution in [0.1, 0.15) is 28.2 Å². The van der Waals surface area contributed by atoms with Gasteiger partial charge in [-0.1, -0.05) is 59.7 Å². The molecular formula is C19H22N2O. The quantitative estimate of drug-likeness (QED) is 0.944. The first-order valence-electron chi connectivity index (χ1n) is 7.68. The molecule has 1 atom stereocenters. The van der Waals surface area contributed by atoms with Gasteiger partial charge < -0.3 is 4.90 Å². The summed E-state index contributed by atoms with van der Waals surface area (Å²) in [5, 5.41) is 3.36. The standard InChI is InChI=1S/C19H22N2O/c1-13-4-8-15(9-5-13)18(16-10-6-14(2)7-11-16)19-20-12-17(22)21(19)3/h4-11,18-20H,12H2,1-3H3. The number of aryl methyl sites for hydroxylation is 2. The molecule has 1 N–H and O–H groups in total. The van der Waals surface area contributed by atoms with E-state index >= 15 is 0 Å². The molecule has 1 saturated heterocycles. The molecule has 1 amide bonds. The minimum Gasteiger partial charge on any atom is -0.328 e. The average Bonchev–Trinajstić information content (AvgIpc) is 2.84. The number of hydrogen-bond donors (Lipinski definition) is 1. The van der Waals surface area contributed by atoms with Gasteiger partial charge in [-0.05, 0) is 25.0 Å². The Morgan fingerprint density at radius 1 is 0.955 bits per heavy atom. The van der Waals surface area contributed by atoms with Crippen LogP contribution >= 0.6 is 0 Å². The molecule has 22 heavy (non-hydrogen) atoms. The van der Waals surface area contributed by atoms with Gasteiger partial charge in [0.1, 0.15) is 0 Å². The molecule has 1 heterocycles. The average molecular weight is 294 g/mol. The number of carbonyl (C=O) groups excluding carboxylic acids is 1. The highest BCUT2D eigenvalue weighted by molar-refractivity contribution is 5.80. The monoisotopic (exact) mass is 294 g/mol. The maximum Gasteiger partial charge on any atom is 0.237 e. The number of hydrogen-bond acceptors (Lipinski definition) is 2. The zero-order valence-corrected chi connectivity index (χ0v) is 13.3. The van der Waals surface area contributed by atoms with E-state index in [0.29, 0.717) is 6.54 Å². The highest BCUT2D eigenvalue weighted by Gasteiger charge is 2.35. The van der Waals surface area contributed by atoms with Crippen molar-refractivity contribution < 1.29 is 4.79 Å². The molecule has 2 aromatic carbocycles. The lowest BCUT2D eigenvalue weighted by Gasteiger charge is -2.30. The number of rotatable bonds is 3. The molecular weight excluding hydrogens is 272 g/mol. The van der Waals surface area contributed by atoms with Gasteiger partial charge in [0.15, 0.2) is 0 Å². The van der Waals surface area contributed by atoms with E-state index in [-0.39, 0.29) is 18.0 Å². The first-order valence-corrected chi connectivity index (χ1v) is 7.68. The van der Waals surface area contributed by atoms with E-state index in [9.17, 15) is 4.79 Å². The van der Waals surface area contributed by atoms with Crippen LogP contribution in [0, 0.1) is 13.8 Å². The molecule has 3 nitrogen and oxygen atoms in total. The predicted octanol–water partition coefficient (Wildman–Crippen LogP) is 2.82. The molecule has 1 aliphatic heterocycles. The normalized spacial score (nSPS) is 18.3. The molecule has 0 radical (unpaired) electrons. The van der Waals surface area contributed by atoms with Crippen molar-refractivity contribution in [3.63, 3.8) is 0 Å². The van der Waals surface area contributed by atoms with Crippen LogP contribution in [0.3, 0.4) is 0 Å². The van der Waals surface area contributed by atoms with Crippen LogP contribution < -0.4 is 5.32 Å². The van der Waals surface area contributed by atoms with Gasteiger partial charge >= 0.3 is 0 Å². The first-order chi connectivity index (χ1) is 10.6. The minimum absolute atomic E-state index is 0.00193. The maximum atomic E-state index is 11.9. The Labute approximate surface area is 132 Å². The zero-order chi connectivity index (χ0) is 15.7. The lowest BCUT2D eigenvalue weighted by Crippen LogP contribution is -2.40.